The Bertz CT molecular complexity index is 230. The lowest BCUT2D eigenvalue weighted by Gasteiger charge is -2.04. The molecule has 1 aromatic carbocycles. The zero-order valence-electron chi connectivity index (χ0n) is 6.60. The van der Waals surface area contributed by atoms with Crippen LogP contribution in [0.2, 0.25) is 10.0 Å². The van der Waals surface area contributed by atoms with Gasteiger partial charge in [-0.3, -0.25) is 0 Å². The molecule has 0 aliphatic carbocycles. The second kappa shape index (κ2) is 5.65. The van der Waals surface area contributed by atoms with Gasteiger partial charge in [0.25, 0.3) is 0 Å². The molecule has 0 fully saturated rings. The van der Waals surface area contributed by atoms with E-state index in [-0.39, 0.29) is 12.4 Å². The van der Waals surface area contributed by atoms with E-state index in [0.717, 1.165) is 5.56 Å². The van der Waals surface area contributed by atoms with Crippen molar-refractivity contribution in [1.82, 2.24) is 5.32 Å². The number of hydrogen-bond donors (Lipinski definition) is 1. The van der Waals surface area contributed by atoms with Gasteiger partial charge in [0, 0.05) is 22.2 Å². The molecule has 1 rings (SSSR count). The summed E-state index contributed by atoms with van der Waals surface area (Å²) in [5.41, 5.74) is 0.957. The molecule has 0 saturated carbocycles. The summed E-state index contributed by atoms with van der Waals surface area (Å²) in [7, 11) is 1.86. The Kier molecular flexibility index (Phi) is 5.68. The standard InChI is InChI=1S/C8H9Cl2N.ClH/c1-11-5-6-7(9)3-2-4-8(6)10;/h2-4,11H,5H2,1H3;1H. The Morgan fingerprint density at radius 2 is 1.75 bits per heavy atom. The molecule has 0 bridgehead atoms. The molecule has 1 N–H and O–H groups in total. The summed E-state index contributed by atoms with van der Waals surface area (Å²) in [4.78, 5) is 0. The van der Waals surface area contributed by atoms with Crippen molar-refractivity contribution in [2.45, 2.75) is 6.54 Å². The van der Waals surface area contributed by atoms with Crippen LogP contribution >= 0.6 is 35.6 Å². The molecule has 0 heterocycles. The molecular weight excluding hydrogens is 216 g/mol. The summed E-state index contributed by atoms with van der Waals surface area (Å²) in [5, 5.41) is 4.43. The Morgan fingerprint density at radius 3 is 2.17 bits per heavy atom. The molecule has 12 heavy (non-hydrogen) atoms. The molecule has 1 aromatic rings. The second-order valence-electron chi connectivity index (χ2n) is 2.23. The predicted molar refractivity (Wildman–Crippen MR) is 56.5 cm³/mol. The minimum Gasteiger partial charge on any atom is -0.316 e. The minimum absolute atomic E-state index is 0. The van der Waals surface area contributed by atoms with E-state index in [9.17, 15) is 0 Å². The normalized spacial score (nSPS) is 9.25. The van der Waals surface area contributed by atoms with Crippen LogP contribution in [0.15, 0.2) is 18.2 Å². The summed E-state index contributed by atoms with van der Waals surface area (Å²) in [6, 6.07) is 5.50. The predicted octanol–water partition coefficient (Wildman–Crippen LogP) is 3.13. The second-order valence-corrected chi connectivity index (χ2v) is 3.04. The Labute approximate surface area is 88.5 Å². The number of hydrogen-bond acceptors (Lipinski definition) is 1. The van der Waals surface area contributed by atoms with Gasteiger partial charge < -0.3 is 5.32 Å². The third-order valence-electron chi connectivity index (χ3n) is 1.42. The fraction of sp³-hybridized carbons (Fsp3) is 0.250. The molecule has 0 aliphatic heterocycles. The van der Waals surface area contributed by atoms with Crippen LogP contribution in [-0.2, 0) is 6.54 Å². The molecule has 0 aromatic heterocycles. The van der Waals surface area contributed by atoms with Gasteiger partial charge in [0.05, 0.1) is 0 Å². The zero-order valence-corrected chi connectivity index (χ0v) is 8.93. The first-order valence-electron chi connectivity index (χ1n) is 3.33. The Morgan fingerprint density at radius 1 is 1.25 bits per heavy atom. The SMILES string of the molecule is CNCc1c(Cl)cccc1Cl.Cl. The van der Waals surface area contributed by atoms with Crippen LogP contribution in [0.1, 0.15) is 5.56 Å². The Hall–Kier alpha value is 0.0500. The molecule has 68 valence electrons. The molecule has 0 amide bonds. The molecule has 0 unspecified atom stereocenters. The van der Waals surface area contributed by atoms with E-state index in [1.165, 1.54) is 0 Å². The molecular formula is C8H10Cl3N. The molecule has 0 aliphatic rings. The van der Waals surface area contributed by atoms with Gasteiger partial charge in [-0.05, 0) is 19.2 Å². The summed E-state index contributed by atoms with van der Waals surface area (Å²) in [6.45, 7) is 0.707. The van der Waals surface area contributed by atoms with Crippen molar-refractivity contribution in [2.24, 2.45) is 0 Å². The summed E-state index contributed by atoms with van der Waals surface area (Å²) >= 11 is 11.8. The van der Waals surface area contributed by atoms with Crippen LogP contribution in [-0.4, -0.2) is 7.05 Å². The summed E-state index contributed by atoms with van der Waals surface area (Å²) < 4.78 is 0. The van der Waals surface area contributed by atoms with Crippen LogP contribution in [0.4, 0.5) is 0 Å². The maximum absolute atomic E-state index is 5.88. The number of nitrogens with one attached hydrogen (secondary N) is 1. The minimum atomic E-state index is 0. The first kappa shape index (κ1) is 12.0. The van der Waals surface area contributed by atoms with Crippen LogP contribution in [0, 0.1) is 0 Å². The molecule has 0 atom stereocenters. The quantitative estimate of drug-likeness (QED) is 0.817. The fourth-order valence-electron chi connectivity index (χ4n) is 0.878. The van der Waals surface area contributed by atoms with Gasteiger partial charge in [-0.15, -0.1) is 12.4 Å². The molecule has 4 heteroatoms. The van der Waals surface area contributed by atoms with Gasteiger partial charge in [-0.2, -0.15) is 0 Å². The van der Waals surface area contributed by atoms with Gasteiger partial charge in [0.1, 0.15) is 0 Å². The van der Waals surface area contributed by atoms with E-state index in [4.69, 9.17) is 23.2 Å². The lowest BCUT2D eigenvalue weighted by molar-refractivity contribution is 0.818. The van der Waals surface area contributed by atoms with E-state index >= 15 is 0 Å². The van der Waals surface area contributed by atoms with E-state index in [0.29, 0.717) is 16.6 Å². The fourth-order valence-corrected chi connectivity index (χ4v) is 1.41. The van der Waals surface area contributed by atoms with Gasteiger partial charge in [0.15, 0.2) is 0 Å². The average molecular weight is 227 g/mol. The number of halogens is 3. The molecule has 1 nitrogen and oxygen atoms in total. The van der Waals surface area contributed by atoms with E-state index in [1.54, 1.807) is 0 Å². The van der Waals surface area contributed by atoms with Crippen LogP contribution in [0.5, 0.6) is 0 Å². The smallest absolute Gasteiger partial charge is 0.0465 e. The number of rotatable bonds is 2. The highest BCUT2D eigenvalue weighted by Gasteiger charge is 2.02. The summed E-state index contributed by atoms with van der Waals surface area (Å²) in [5.74, 6) is 0. The van der Waals surface area contributed by atoms with Crippen molar-refractivity contribution in [2.75, 3.05) is 7.05 Å². The van der Waals surface area contributed by atoms with Crippen molar-refractivity contribution in [3.8, 4) is 0 Å². The lowest BCUT2D eigenvalue weighted by atomic mass is 10.2. The first-order chi connectivity index (χ1) is 5.25. The third-order valence-corrected chi connectivity index (χ3v) is 2.12. The summed E-state index contributed by atoms with van der Waals surface area (Å²) in [6.07, 6.45) is 0. The molecule has 0 saturated heterocycles. The first-order valence-corrected chi connectivity index (χ1v) is 4.09. The van der Waals surface area contributed by atoms with Gasteiger partial charge in [-0.25, -0.2) is 0 Å². The third kappa shape index (κ3) is 2.83. The van der Waals surface area contributed by atoms with E-state index < -0.39 is 0 Å². The monoisotopic (exact) mass is 225 g/mol. The molecule has 0 spiro atoms. The van der Waals surface area contributed by atoms with E-state index in [1.807, 2.05) is 25.2 Å². The van der Waals surface area contributed by atoms with Crippen molar-refractivity contribution < 1.29 is 0 Å². The van der Waals surface area contributed by atoms with Crippen molar-refractivity contribution >= 4 is 35.6 Å². The van der Waals surface area contributed by atoms with Gasteiger partial charge >= 0.3 is 0 Å². The highest BCUT2D eigenvalue weighted by Crippen LogP contribution is 2.23. The largest absolute Gasteiger partial charge is 0.316 e. The Balaban J connectivity index is 0.00000121. The van der Waals surface area contributed by atoms with E-state index in [2.05, 4.69) is 5.32 Å². The van der Waals surface area contributed by atoms with Crippen LogP contribution < -0.4 is 5.32 Å². The lowest BCUT2D eigenvalue weighted by Crippen LogP contribution is -2.05. The average Bonchev–Trinajstić information content (AvgIpc) is 1.97. The molecule has 0 radical (unpaired) electrons. The zero-order chi connectivity index (χ0) is 8.27. The highest BCUT2D eigenvalue weighted by atomic mass is 35.5. The highest BCUT2D eigenvalue weighted by molar-refractivity contribution is 6.35. The van der Waals surface area contributed by atoms with Gasteiger partial charge in [0.2, 0.25) is 0 Å². The maximum atomic E-state index is 5.88. The van der Waals surface area contributed by atoms with Crippen LogP contribution in [0.25, 0.3) is 0 Å². The van der Waals surface area contributed by atoms with Gasteiger partial charge in [-0.1, -0.05) is 29.3 Å². The topological polar surface area (TPSA) is 12.0 Å². The van der Waals surface area contributed by atoms with Crippen molar-refractivity contribution in [3.63, 3.8) is 0 Å². The maximum Gasteiger partial charge on any atom is 0.0465 e. The van der Waals surface area contributed by atoms with Crippen molar-refractivity contribution in [3.05, 3.63) is 33.8 Å². The van der Waals surface area contributed by atoms with Crippen LogP contribution in [0.3, 0.4) is 0 Å². The number of benzene rings is 1. The van der Waals surface area contributed by atoms with Crippen molar-refractivity contribution in [1.29, 1.82) is 0 Å².